The van der Waals surface area contributed by atoms with E-state index in [0.29, 0.717) is 4.99 Å². The Morgan fingerprint density at radius 2 is 1.74 bits per heavy atom. The van der Waals surface area contributed by atoms with E-state index in [2.05, 4.69) is 10.6 Å². The molecule has 1 heterocycles. The highest BCUT2D eigenvalue weighted by Crippen LogP contribution is 2.36. The summed E-state index contributed by atoms with van der Waals surface area (Å²) >= 11 is 10.9. The van der Waals surface area contributed by atoms with E-state index in [-0.39, 0.29) is 6.17 Å². The fourth-order valence-electron chi connectivity index (χ4n) is 2.12. The third-order valence-electron chi connectivity index (χ3n) is 3.11. The summed E-state index contributed by atoms with van der Waals surface area (Å²) in [5.41, 5.74) is 9.64. The van der Waals surface area contributed by atoms with E-state index in [1.807, 2.05) is 42.5 Å². The molecule has 2 aromatic carbocycles. The highest BCUT2D eigenvalue weighted by Gasteiger charge is 2.20. The largest absolute Gasteiger partial charge is 0.389 e. The zero-order chi connectivity index (χ0) is 13.4. The van der Waals surface area contributed by atoms with E-state index in [1.165, 1.54) is 0 Å². The van der Waals surface area contributed by atoms with Crippen molar-refractivity contribution in [1.82, 2.24) is 0 Å². The van der Waals surface area contributed by atoms with Crippen molar-refractivity contribution in [3.05, 3.63) is 58.6 Å². The first-order valence-electron chi connectivity index (χ1n) is 5.86. The fraction of sp³-hybridized carbons (Fsp3) is 0.0714. The summed E-state index contributed by atoms with van der Waals surface area (Å²) in [5, 5.41) is 7.49. The summed E-state index contributed by atoms with van der Waals surface area (Å²) in [4.78, 5) is 0.411. The van der Waals surface area contributed by atoms with Crippen LogP contribution in [0.2, 0.25) is 5.02 Å². The van der Waals surface area contributed by atoms with Crippen LogP contribution < -0.4 is 16.4 Å². The summed E-state index contributed by atoms with van der Waals surface area (Å²) < 4.78 is 0. The monoisotopic (exact) mass is 289 g/mol. The lowest BCUT2D eigenvalue weighted by Gasteiger charge is -2.13. The maximum absolute atomic E-state index is 5.98. The van der Waals surface area contributed by atoms with Crippen LogP contribution in [0.15, 0.2) is 42.5 Å². The molecule has 0 spiro atoms. The van der Waals surface area contributed by atoms with Gasteiger partial charge in [0.1, 0.15) is 11.2 Å². The van der Waals surface area contributed by atoms with E-state index in [4.69, 9.17) is 29.6 Å². The lowest BCUT2D eigenvalue weighted by Crippen LogP contribution is -2.13. The summed E-state index contributed by atoms with van der Waals surface area (Å²) in [6.07, 6.45) is 0.0360. The van der Waals surface area contributed by atoms with Crippen LogP contribution in [0.4, 0.5) is 11.4 Å². The van der Waals surface area contributed by atoms with Crippen LogP contribution in [0.5, 0.6) is 0 Å². The Hall–Kier alpha value is -1.78. The van der Waals surface area contributed by atoms with Crippen LogP contribution in [0.1, 0.15) is 17.3 Å². The van der Waals surface area contributed by atoms with Crippen LogP contribution >= 0.6 is 23.8 Å². The van der Waals surface area contributed by atoms with Gasteiger partial charge in [0.25, 0.3) is 0 Å². The molecule has 19 heavy (non-hydrogen) atoms. The molecular weight excluding hydrogens is 278 g/mol. The van der Waals surface area contributed by atoms with E-state index in [1.54, 1.807) is 0 Å². The van der Waals surface area contributed by atoms with Gasteiger partial charge >= 0.3 is 0 Å². The lowest BCUT2D eigenvalue weighted by molar-refractivity contribution is 0.941. The first kappa shape index (κ1) is 12.3. The van der Waals surface area contributed by atoms with Gasteiger partial charge in [0.2, 0.25) is 0 Å². The molecule has 3 nitrogen and oxygen atoms in total. The Morgan fingerprint density at radius 3 is 2.42 bits per heavy atom. The zero-order valence-electron chi connectivity index (χ0n) is 9.98. The standard InChI is InChI=1S/C14H12ClN3S/c15-10-5-6-11-12(7-10)18-14(17-11)9-3-1-8(2-4-9)13(16)19/h1-7,14,17-18H,(H2,16,19). The third-order valence-corrected chi connectivity index (χ3v) is 3.58. The second-order valence-corrected chi connectivity index (χ2v) is 5.27. The van der Waals surface area contributed by atoms with Crippen molar-refractivity contribution in [2.24, 2.45) is 5.73 Å². The Kier molecular flexibility index (Phi) is 3.05. The van der Waals surface area contributed by atoms with Crippen molar-refractivity contribution in [1.29, 1.82) is 0 Å². The smallest absolute Gasteiger partial charge is 0.123 e. The van der Waals surface area contributed by atoms with E-state index >= 15 is 0 Å². The first-order valence-corrected chi connectivity index (χ1v) is 6.64. The van der Waals surface area contributed by atoms with Gasteiger partial charge in [-0.3, -0.25) is 0 Å². The molecule has 0 radical (unpaired) electrons. The molecule has 0 aromatic heterocycles. The third kappa shape index (κ3) is 2.37. The molecule has 1 unspecified atom stereocenters. The molecule has 1 aliphatic rings. The highest BCUT2D eigenvalue weighted by molar-refractivity contribution is 7.80. The number of anilines is 2. The molecule has 4 N–H and O–H groups in total. The minimum atomic E-state index is 0.0360. The molecule has 1 atom stereocenters. The van der Waals surface area contributed by atoms with Crippen LogP contribution in [-0.4, -0.2) is 4.99 Å². The van der Waals surface area contributed by atoms with Gasteiger partial charge in [-0.2, -0.15) is 0 Å². The van der Waals surface area contributed by atoms with Gasteiger partial charge in [0.15, 0.2) is 0 Å². The maximum atomic E-state index is 5.98. The molecule has 0 fully saturated rings. The molecule has 5 heteroatoms. The molecule has 96 valence electrons. The number of benzene rings is 2. The Labute approximate surface area is 121 Å². The molecular formula is C14H12ClN3S. The highest BCUT2D eigenvalue weighted by atomic mass is 35.5. The number of nitrogens with two attached hydrogens (primary N) is 1. The molecule has 3 rings (SSSR count). The van der Waals surface area contributed by atoms with Gasteiger partial charge in [-0.1, -0.05) is 48.1 Å². The Bertz CT molecular complexity index is 640. The zero-order valence-corrected chi connectivity index (χ0v) is 11.6. The minimum Gasteiger partial charge on any atom is -0.389 e. The molecule has 0 saturated carbocycles. The number of hydrogen-bond donors (Lipinski definition) is 3. The molecule has 0 aliphatic carbocycles. The SMILES string of the molecule is NC(=S)c1ccc(C2Nc3ccc(Cl)cc3N2)cc1. The van der Waals surface area contributed by atoms with Crippen LogP contribution in [0.25, 0.3) is 0 Å². The number of hydrogen-bond acceptors (Lipinski definition) is 3. The predicted molar refractivity (Wildman–Crippen MR) is 83.8 cm³/mol. The first-order chi connectivity index (χ1) is 9.13. The van der Waals surface area contributed by atoms with Crippen molar-refractivity contribution < 1.29 is 0 Å². The van der Waals surface area contributed by atoms with Crippen molar-refractivity contribution in [3.8, 4) is 0 Å². The number of rotatable bonds is 2. The van der Waals surface area contributed by atoms with Crippen molar-refractivity contribution in [2.75, 3.05) is 10.6 Å². The van der Waals surface area contributed by atoms with Gasteiger partial charge in [-0.05, 0) is 23.8 Å². The van der Waals surface area contributed by atoms with Crippen LogP contribution in [0.3, 0.4) is 0 Å². The van der Waals surface area contributed by atoms with Gasteiger partial charge in [-0.25, -0.2) is 0 Å². The molecule has 0 bridgehead atoms. The summed E-state index contributed by atoms with van der Waals surface area (Å²) in [6, 6.07) is 13.6. The molecule has 1 aliphatic heterocycles. The van der Waals surface area contributed by atoms with Crippen LogP contribution in [0, 0.1) is 0 Å². The van der Waals surface area contributed by atoms with E-state index in [0.717, 1.165) is 27.5 Å². The lowest BCUT2D eigenvalue weighted by atomic mass is 10.1. The molecule has 0 amide bonds. The molecule has 0 saturated heterocycles. The normalized spacial score (nSPS) is 16.4. The van der Waals surface area contributed by atoms with Gasteiger partial charge in [0.05, 0.1) is 11.4 Å². The maximum Gasteiger partial charge on any atom is 0.123 e. The van der Waals surface area contributed by atoms with Crippen molar-refractivity contribution in [3.63, 3.8) is 0 Å². The Balaban J connectivity index is 1.84. The van der Waals surface area contributed by atoms with Crippen molar-refractivity contribution in [2.45, 2.75) is 6.17 Å². The van der Waals surface area contributed by atoms with Crippen molar-refractivity contribution >= 4 is 40.2 Å². The van der Waals surface area contributed by atoms with Gasteiger partial charge in [0, 0.05) is 10.6 Å². The number of nitrogens with one attached hydrogen (secondary N) is 2. The average molecular weight is 290 g/mol. The number of thiocarbonyl (C=S) groups is 1. The van der Waals surface area contributed by atoms with E-state index in [9.17, 15) is 0 Å². The summed E-state index contributed by atoms with van der Waals surface area (Å²) in [6.45, 7) is 0. The quantitative estimate of drug-likeness (QED) is 0.741. The molecule has 2 aromatic rings. The van der Waals surface area contributed by atoms with E-state index < -0.39 is 0 Å². The number of halogens is 1. The second-order valence-electron chi connectivity index (χ2n) is 4.40. The summed E-state index contributed by atoms with van der Waals surface area (Å²) in [5.74, 6) is 0. The summed E-state index contributed by atoms with van der Waals surface area (Å²) in [7, 11) is 0. The van der Waals surface area contributed by atoms with Gasteiger partial charge < -0.3 is 16.4 Å². The fourth-order valence-corrected chi connectivity index (χ4v) is 2.42. The predicted octanol–water partition coefficient (Wildman–Crippen LogP) is 3.51. The van der Waals surface area contributed by atoms with Crippen LogP contribution in [-0.2, 0) is 0 Å². The second kappa shape index (κ2) is 4.72. The topological polar surface area (TPSA) is 50.1 Å². The number of fused-ring (bicyclic) bond motifs is 1. The Morgan fingerprint density at radius 1 is 1.05 bits per heavy atom. The van der Waals surface area contributed by atoms with Gasteiger partial charge in [-0.15, -0.1) is 0 Å². The average Bonchev–Trinajstić information content (AvgIpc) is 2.81. The minimum absolute atomic E-state index is 0.0360.